The van der Waals surface area contributed by atoms with E-state index in [0.29, 0.717) is 5.76 Å². The van der Waals surface area contributed by atoms with Crippen LogP contribution < -0.4 is 0 Å². The fourth-order valence-electron chi connectivity index (χ4n) is 1.65. The molecule has 0 amide bonds. The Morgan fingerprint density at radius 2 is 2.25 bits per heavy atom. The third-order valence-corrected chi connectivity index (χ3v) is 2.47. The zero-order valence-corrected chi connectivity index (χ0v) is 9.34. The number of nitrogens with zero attached hydrogens (tertiary/aromatic N) is 2. The molecule has 0 saturated carbocycles. The summed E-state index contributed by atoms with van der Waals surface area (Å²) in [6.07, 6.45) is 1.52. The van der Waals surface area contributed by atoms with Crippen LogP contribution in [0.1, 0.15) is 35.7 Å². The van der Waals surface area contributed by atoms with Crippen molar-refractivity contribution in [3.8, 4) is 0 Å². The Hall–Kier alpha value is -1.68. The van der Waals surface area contributed by atoms with Gasteiger partial charge in [0.15, 0.2) is 0 Å². The third-order valence-electron chi connectivity index (χ3n) is 2.47. The maximum atomic E-state index is 10.2. The third kappa shape index (κ3) is 1.97. The minimum Gasteiger partial charge on any atom is -0.466 e. The van der Waals surface area contributed by atoms with Crippen LogP contribution in [-0.4, -0.2) is 15.3 Å². The highest BCUT2D eigenvalue weighted by atomic mass is 16.4. The molecule has 0 aliphatic carbocycles. The van der Waals surface area contributed by atoms with Crippen molar-refractivity contribution in [2.45, 2.75) is 26.4 Å². The molecule has 2 aromatic heterocycles. The summed E-state index contributed by atoms with van der Waals surface area (Å²) >= 11 is 0. The molecule has 2 heterocycles. The zero-order chi connectivity index (χ0) is 11.5. The van der Waals surface area contributed by atoms with Crippen molar-refractivity contribution < 1.29 is 9.52 Å². The molecule has 4 nitrogen and oxygen atoms in total. The number of furan rings is 1. The van der Waals surface area contributed by atoms with E-state index in [1.807, 2.05) is 19.9 Å². The van der Waals surface area contributed by atoms with Gasteiger partial charge in [-0.25, -0.2) is 0 Å². The molecule has 1 atom stereocenters. The Morgan fingerprint density at radius 1 is 1.44 bits per heavy atom. The maximum absolute atomic E-state index is 10.2. The number of aromatic nitrogens is 2. The predicted octanol–water partition coefficient (Wildman–Crippen LogP) is 2.02. The summed E-state index contributed by atoms with van der Waals surface area (Å²) in [6, 6.07) is 5.35. The molecule has 0 aromatic carbocycles. The molecule has 0 fully saturated rings. The Labute approximate surface area is 93.9 Å². The van der Waals surface area contributed by atoms with Crippen LogP contribution >= 0.6 is 0 Å². The lowest BCUT2D eigenvalue weighted by atomic mass is 10.0. The van der Waals surface area contributed by atoms with E-state index in [1.54, 1.807) is 18.4 Å². The molecule has 1 unspecified atom stereocenters. The lowest BCUT2D eigenvalue weighted by molar-refractivity contribution is 0.187. The van der Waals surface area contributed by atoms with Gasteiger partial charge in [0.1, 0.15) is 11.9 Å². The molecule has 0 spiro atoms. The molecule has 16 heavy (non-hydrogen) atoms. The van der Waals surface area contributed by atoms with Crippen molar-refractivity contribution in [1.82, 2.24) is 10.2 Å². The van der Waals surface area contributed by atoms with Crippen LogP contribution in [0.25, 0.3) is 0 Å². The Bertz CT molecular complexity index is 466. The second kappa shape index (κ2) is 4.45. The smallest absolute Gasteiger partial charge is 0.138 e. The molecular formula is C12H14N2O2. The first-order chi connectivity index (χ1) is 7.72. The van der Waals surface area contributed by atoms with Crippen LogP contribution in [0.15, 0.2) is 28.9 Å². The van der Waals surface area contributed by atoms with Gasteiger partial charge in [-0.05, 0) is 31.5 Å². The standard InChI is InChI=1S/C12H14N2O2/c1-3-10-9(7-8(2)13-14-10)12(15)11-5-4-6-16-11/h4-7,12,15H,3H2,1-2H3. The average molecular weight is 218 g/mol. The number of hydrogen-bond acceptors (Lipinski definition) is 4. The topological polar surface area (TPSA) is 59.2 Å². The van der Waals surface area contributed by atoms with Crippen LogP contribution in [-0.2, 0) is 6.42 Å². The second-order valence-corrected chi connectivity index (χ2v) is 3.66. The summed E-state index contributed by atoms with van der Waals surface area (Å²) in [6.45, 7) is 3.84. The van der Waals surface area contributed by atoms with Crippen molar-refractivity contribution in [3.63, 3.8) is 0 Å². The average Bonchev–Trinajstić information content (AvgIpc) is 2.81. The number of aliphatic hydroxyl groups excluding tert-OH is 1. The molecule has 0 bridgehead atoms. The van der Waals surface area contributed by atoms with Gasteiger partial charge in [0.25, 0.3) is 0 Å². The number of rotatable bonds is 3. The molecular weight excluding hydrogens is 204 g/mol. The van der Waals surface area contributed by atoms with Crippen molar-refractivity contribution in [2.24, 2.45) is 0 Å². The van der Waals surface area contributed by atoms with Gasteiger partial charge >= 0.3 is 0 Å². The molecule has 4 heteroatoms. The van der Waals surface area contributed by atoms with E-state index >= 15 is 0 Å². The highest BCUT2D eigenvalue weighted by Crippen LogP contribution is 2.24. The van der Waals surface area contributed by atoms with Crippen LogP contribution in [0.2, 0.25) is 0 Å². The second-order valence-electron chi connectivity index (χ2n) is 3.66. The molecule has 1 N–H and O–H groups in total. The minimum atomic E-state index is -0.765. The monoisotopic (exact) mass is 218 g/mol. The highest BCUT2D eigenvalue weighted by Gasteiger charge is 2.17. The van der Waals surface area contributed by atoms with Gasteiger partial charge in [-0.15, -0.1) is 0 Å². The first kappa shape index (κ1) is 10.8. The van der Waals surface area contributed by atoms with Gasteiger partial charge in [0.2, 0.25) is 0 Å². The normalized spacial score (nSPS) is 12.7. The first-order valence-electron chi connectivity index (χ1n) is 5.27. The van der Waals surface area contributed by atoms with E-state index < -0.39 is 6.10 Å². The summed E-state index contributed by atoms with van der Waals surface area (Å²) < 4.78 is 5.19. The SMILES string of the molecule is CCc1nnc(C)cc1C(O)c1ccco1. The van der Waals surface area contributed by atoms with Crippen LogP contribution in [0.4, 0.5) is 0 Å². The van der Waals surface area contributed by atoms with E-state index in [0.717, 1.165) is 23.4 Å². The molecule has 0 radical (unpaired) electrons. The minimum absolute atomic E-state index is 0.530. The molecule has 0 aliphatic rings. The van der Waals surface area contributed by atoms with E-state index in [2.05, 4.69) is 10.2 Å². The Kier molecular flexibility index (Phi) is 3.01. The molecule has 2 rings (SSSR count). The predicted molar refractivity (Wildman–Crippen MR) is 58.9 cm³/mol. The van der Waals surface area contributed by atoms with Gasteiger partial charge in [0, 0.05) is 5.56 Å². The first-order valence-corrected chi connectivity index (χ1v) is 5.27. The largest absolute Gasteiger partial charge is 0.466 e. The van der Waals surface area contributed by atoms with Crippen molar-refractivity contribution in [3.05, 3.63) is 47.2 Å². The Morgan fingerprint density at radius 3 is 2.88 bits per heavy atom. The van der Waals surface area contributed by atoms with E-state index in [4.69, 9.17) is 4.42 Å². The van der Waals surface area contributed by atoms with E-state index in [9.17, 15) is 5.11 Å². The highest BCUT2D eigenvalue weighted by molar-refractivity contribution is 5.28. The van der Waals surface area contributed by atoms with Crippen molar-refractivity contribution in [2.75, 3.05) is 0 Å². The molecule has 0 aliphatic heterocycles. The lowest BCUT2D eigenvalue weighted by Crippen LogP contribution is -2.06. The van der Waals surface area contributed by atoms with Gasteiger partial charge in [-0.2, -0.15) is 10.2 Å². The number of hydrogen-bond donors (Lipinski definition) is 1. The number of aliphatic hydroxyl groups is 1. The van der Waals surface area contributed by atoms with Gasteiger partial charge < -0.3 is 9.52 Å². The number of aryl methyl sites for hydroxylation is 2. The molecule has 84 valence electrons. The summed E-state index contributed by atoms with van der Waals surface area (Å²) in [4.78, 5) is 0. The summed E-state index contributed by atoms with van der Waals surface area (Å²) in [7, 11) is 0. The fraction of sp³-hybridized carbons (Fsp3) is 0.333. The molecule has 2 aromatic rings. The summed E-state index contributed by atoms with van der Waals surface area (Å²) in [5, 5.41) is 18.2. The van der Waals surface area contributed by atoms with E-state index in [1.165, 1.54) is 0 Å². The van der Waals surface area contributed by atoms with Crippen LogP contribution in [0, 0.1) is 6.92 Å². The van der Waals surface area contributed by atoms with Gasteiger partial charge in [-0.1, -0.05) is 6.92 Å². The van der Waals surface area contributed by atoms with Gasteiger partial charge in [-0.3, -0.25) is 0 Å². The quantitative estimate of drug-likeness (QED) is 0.856. The maximum Gasteiger partial charge on any atom is 0.138 e. The van der Waals surface area contributed by atoms with Crippen molar-refractivity contribution in [1.29, 1.82) is 0 Å². The molecule has 0 saturated heterocycles. The van der Waals surface area contributed by atoms with Crippen LogP contribution in [0.3, 0.4) is 0 Å². The summed E-state index contributed by atoms with van der Waals surface area (Å²) in [5.74, 6) is 0.530. The van der Waals surface area contributed by atoms with E-state index in [-0.39, 0.29) is 0 Å². The van der Waals surface area contributed by atoms with Crippen LogP contribution in [0.5, 0.6) is 0 Å². The van der Waals surface area contributed by atoms with Gasteiger partial charge in [0.05, 0.1) is 17.7 Å². The lowest BCUT2D eigenvalue weighted by Gasteiger charge is -2.11. The Balaban J connectivity index is 2.42. The van der Waals surface area contributed by atoms with Crippen molar-refractivity contribution >= 4 is 0 Å². The summed E-state index contributed by atoms with van der Waals surface area (Å²) in [5.41, 5.74) is 2.36. The zero-order valence-electron chi connectivity index (χ0n) is 9.34. The fourth-order valence-corrected chi connectivity index (χ4v) is 1.65.